The van der Waals surface area contributed by atoms with Crippen molar-refractivity contribution in [2.75, 3.05) is 11.9 Å². The fourth-order valence-corrected chi connectivity index (χ4v) is 2.10. The highest BCUT2D eigenvalue weighted by Crippen LogP contribution is 2.29. The van der Waals surface area contributed by atoms with Crippen LogP contribution in [-0.2, 0) is 4.74 Å². The summed E-state index contributed by atoms with van der Waals surface area (Å²) in [6, 6.07) is 5.78. The number of H-pyrrole nitrogens is 1. The molecule has 0 aliphatic rings. The largest absolute Gasteiger partial charge is 0.443 e. The molecule has 0 saturated carbocycles. The van der Waals surface area contributed by atoms with Gasteiger partial charge in [0.1, 0.15) is 28.3 Å². The number of rotatable bonds is 2. The molecule has 126 valence electrons. The lowest BCUT2D eigenvalue weighted by molar-refractivity contribution is 0.0587. The highest BCUT2D eigenvalue weighted by atomic mass is 35.5. The second-order valence-electron chi connectivity index (χ2n) is 6.07. The SMILES string of the molecule is CN(C(=O)OC(C)(C)C)c1nc(-c2ccc(C#N)c(F)c2)c(Cl)[nH]1. The zero-order valence-electron chi connectivity index (χ0n) is 13.6. The predicted molar refractivity (Wildman–Crippen MR) is 88.3 cm³/mol. The molecule has 24 heavy (non-hydrogen) atoms. The molecule has 2 rings (SSSR count). The molecule has 8 heteroatoms. The number of hydrogen-bond acceptors (Lipinski definition) is 4. The van der Waals surface area contributed by atoms with Crippen LogP contribution in [0.25, 0.3) is 11.3 Å². The van der Waals surface area contributed by atoms with Crippen molar-refractivity contribution in [1.29, 1.82) is 5.26 Å². The van der Waals surface area contributed by atoms with Crippen LogP contribution in [0.15, 0.2) is 18.2 Å². The van der Waals surface area contributed by atoms with E-state index in [2.05, 4.69) is 9.97 Å². The van der Waals surface area contributed by atoms with Gasteiger partial charge in [-0.2, -0.15) is 5.26 Å². The molecule has 0 aliphatic carbocycles. The minimum absolute atomic E-state index is 0.0727. The van der Waals surface area contributed by atoms with Crippen molar-refractivity contribution in [3.8, 4) is 17.3 Å². The number of carbonyl (C=O) groups is 1. The van der Waals surface area contributed by atoms with Crippen molar-refractivity contribution in [3.05, 3.63) is 34.7 Å². The summed E-state index contributed by atoms with van der Waals surface area (Å²) in [5.41, 5.74) is -0.0700. The Morgan fingerprint density at radius 1 is 1.46 bits per heavy atom. The molecule has 1 N–H and O–H groups in total. The van der Waals surface area contributed by atoms with E-state index in [1.807, 2.05) is 0 Å². The van der Waals surface area contributed by atoms with E-state index in [-0.39, 0.29) is 22.4 Å². The van der Waals surface area contributed by atoms with Gasteiger partial charge in [-0.15, -0.1) is 0 Å². The monoisotopic (exact) mass is 350 g/mol. The number of benzene rings is 1. The number of nitriles is 1. The third kappa shape index (κ3) is 3.84. The van der Waals surface area contributed by atoms with Crippen LogP contribution in [0, 0.1) is 17.1 Å². The van der Waals surface area contributed by atoms with Crippen LogP contribution in [0.2, 0.25) is 5.15 Å². The van der Waals surface area contributed by atoms with Crippen LogP contribution in [0.5, 0.6) is 0 Å². The number of ether oxygens (including phenoxy) is 1. The van der Waals surface area contributed by atoms with E-state index >= 15 is 0 Å². The average molecular weight is 351 g/mol. The topological polar surface area (TPSA) is 82.0 Å². The minimum Gasteiger partial charge on any atom is -0.443 e. The number of nitrogens with one attached hydrogen (secondary N) is 1. The second-order valence-corrected chi connectivity index (χ2v) is 6.45. The molecule has 0 spiro atoms. The van der Waals surface area contributed by atoms with Crippen molar-refractivity contribution in [3.63, 3.8) is 0 Å². The molecule has 0 saturated heterocycles. The van der Waals surface area contributed by atoms with Gasteiger partial charge in [0, 0.05) is 12.6 Å². The van der Waals surface area contributed by atoms with E-state index in [0.717, 1.165) is 6.07 Å². The summed E-state index contributed by atoms with van der Waals surface area (Å²) in [6.45, 7) is 5.25. The second kappa shape index (κ2) is 6.49. The van der Waals surface area contributed by atoms with Crippen LogP contribution in [0.4, 0.5) is 15.1 Å². The number of anilines is 1. The summed E-state index contributed by atoms with van der Waals surface area (Å²) in [7, 11) is 1.48. The van der Waals surface area contributed by atoms with E-state index < -0.39 is 17.5 Å². The Morgan fingerprint density at radius 3 is 2.67 bits per heavy atom. The number of hydrogen-bond donors (Lipinski definition) is 1. The molecule has 1 aromatic carbocycles. The van der Waals surface area contributed by atoms with Gasteiger partial charge < -0.3 is 9.72 Å². The first-order valence-electron chi connectivity index (χ1n) is 7.04. The van der Waals surface area contributed by atoms with Gasteiger partial charge in [0.2, 0.25) is 5.95 Å². The van der Waals surface area contributed by atoms with Crippen molar-refractivity contribution in [2.45, 2.75) is 26.4 Å². The maximum Gasteiger partial charge on any atom is 0.416 e. The summed E-state index contributed by atoms with van der Waals surface area (Å²) in [4.78, 5) is 20.2. The summed E-state index contributed by atoms with van der Waals surface area (Å²) in [5.74, 6) is -0.509. The summed E-state index contributed by atoms with van der Waals surface area (Å²) >= 11 is 6.10. The molecule has 0 aliphatic heterocycles. The van der Waals surface area contributed by atoms with E-state index in [0.29, 0.717) is 5.56 Å². The van der Waals surface area contributed by atoms with Crippen molar-refractivity contribution >= 4 is 23.6 Å². The number of aromatic amines is 1. The zero-order chi connectivity index (χ0) is 18.1. The minimum atomic E-state index is -0.670. The van der Waals surface area contributed by atoms with E-state index in [1.165, 1.54) is 24.1 Å². The van der Waals surface area contributed by atoms with Gasteiger partial charge in [-0.05, 0) is 32.9 Å². The number of halogens is 2. The molecular formula is C16H16ClFN4O2. The number of aromatic nitrogens is 2. The fourth-order valence-electron chi connectivity index (χ4n) is 1.86. The molecule has 6 nitrogen and oxygen atoms in total. The summed E-state index contributed by atoms with van der Waals surface area (Å²) in [5, 5.41) is 8.91. The third-order valence-electron chi connectivity index (χ3n) is 3.00. The van der Waals surface area contributed by atoms with Gasteiger partial charge in [0.25, 0.3) is 0 Å². The third-order valence-corrected chi connectivity index (χ3v) is 3.27. The molecule has 0 bridgehead atoms. The number of amides is 1. The van der Waals surface area contributed by atoms with Crippen molar-refractivity contribution in [1.82, 2.24) is 9.97 Å². The smallest absolute Gasteiger partial charge is 0.416 e. The van der Waals surface area contributed by atoms with Crippen molar-refractivity contribution < 1.29 is 13.9 Å². The normalized spacial score (nSPS) is 11.0. The lowest BCUT2D eigenvalue weighted by atomic mass is 10.1. The number of nitrogens with zero attached hydrogens (tertiary/aromatic N) is 3. The zero-order valence-corrected chi connectivity index (χ0v) is 14.4. The molecule has 0 fully saturated rings. The standard InChI is InChI=1S/C16H16ClFN4O2/c1-16(2,3)24-15(23)22(4)14-20-12(13(17)21-14)9-5-6-10(8-19)11(18)7-9/h5-7H,1-4H3,(H,20,21). The van der Waals surface area contributed by atoms with Gasteiger partial charge >= 0.3 is 6.09 Å². The van der Waals surface area contributed by atoms with Crippen LogP contribution in [0.3, 0.4) is 0 Å². The van der Waals surface area contributed by atoms with Gasteiger partial charge in [-0.1, -0.05) is 17.7 Å². The Balaban J connectivity index is 2.32. The van der Waals surface area contributed by atoms with Crippen molar-refractivity contribution in [2.24, 2.45) is 0 Å². The maximum atomic E-state index is 13.8. The Hall–Kier alpha value is -2.59. The molecule has 1 heterocycles. The van der Waals surface area contributed by atoms with Gasteiger partial charge in [0.05, 0.1) is 5.56 Å². The van der Waals surface area contributed by atoms with Crippen LogP contribution in [-0.4, -0.2) is 28.7 Å². The van der Waals surface area contributed by atoms with Gasteiger partial charge in [0.15, 0.2) is 0 Å². The fraction of sp³-hybridized carbons (Fsp3) is 0.312. The number of carbonyl (C=O) groups excluding carboxylic acids is 1. The highest BCUT2D eigenvalue weighted by molar-refractivity contribution is 6.32. The maximum absolute atomic E-state index is 13.8. The van der Waals surface area contributed by atoms with Crippen LogP contribution in [0.1, 0.15) is 26.3 Å². The van der Waals surface area contributed by atoms with E-state index in [9.17, 15) is 9.18 Å². The lowest BCUT2D eigenvalue weighted by Gasteiger charge is -2.23. The molecular weight excluding hydrogens is 335 g/mol. The lowest BCUT2D eigenvalue weighted by Crippen LogP contribution is -2.34. The molecule has 1 amide bonds. The Bertz CT molecular complexity index is 820. The quantitative estimate of drug-likeness (QED) is 0.883. The Kier molecular flexibility index (Phi) is 4.81. The average Bonchev–Trinajstić information content (AvgIpc) is 2.86. The summed E-state index contributed by atoms with van der Waals surface area (Å²) in [6.07, 6.45) is -0.606. The molecule has 0 unspecified atom stereocenters. The first kappa shape index (κ1) is 17.8. The van der Waals surface area contributed by atoms with Gasteiger partial charge in [-0.25, -0.2) is 14.2 Å². The molecule has 1 aromatic heterocycles. The number of imidazole rings is 1. The van der Waals surface area contributed by atoms with Crippen LogP contribution < -0.4 is 4.90 Å². The van der Waals surface area contributed by atoms with E-state index in [4.69, 9.17) is 21.6 Å². The summed E-state index contributed by atoms with van der Waals surface area (Å²) < 4.78 is 19.0. The highest BCUT2D eigenvalue weighted by Gasteiger charge is 2.23. The van der Waals surface area contributed by atoms with Crippen LogP contribution >= 0.6 is 11.6 Å². The Labute approximate surface area is 143 Å². The Morgan fingerprint density at radius 2 is 2.12 bits per heavy atom. The van der Waals surface area contributed by atoms with Gasteiger partial charge in [-0.3, -0.25) is 4.90 Å². The van der Waals surface area contributed by atoms with E-state index in [1.54, 1.807) is 26.8 Å². The molecule has 0 radical (unpaired) electrons. The molecule has 0 atom stereocenters. The predicted octanol–water partition coefficient (Wildman–Crippen LogP) is 4.11. The first-order chi connectivity index (χ1) is 11.1. The molecule has 2 aromatic rings. The first-order valence-corrected chi connectivity index (χ1v) is 7.42.